The van der Waals surface area contributed by atoms with Crippen molar-refractivity contribution in [3.63, 3.8) is 0 Å². The van der Waals surface area contributed by atoms with E-state index in [1.54, 1.807) is 13.0 Å². The summed E-state index contributed by atoms with van der Waals surface area (Å²) in [5.74, 6) is 0.0375. The first-order chi connectivity index (χ1) is 11.7. The second kappa shape index (κ2) is 5.99. The highest BCUT2D eigenvalue weighted by Crippen LogP contribution is 2.40. The van der Waals surface area contributed by atoms with Gasteiger partial charge in [-0.2, -0.15) is 0 Å². The van der Waals surface area contributed by atoms with Crippen LogP contribution in [0.25, 0.3) is 27.2 Å². The monoisotopic (exact) mass is 332 g/mol. The van der Waals surface area contributed by atoms with E-state index in [0.29, 0.717) is 5.69 Å². The number of aromatic nitrogens is 1. The number of carbonyl (C=O) groups excluding carboxylic acids is 1. The molecule has 0 saturated heterocycles. The Balaban J connectivity index is 2.61. The van der Waals surface area contributed by atoms with Crippen LogP contribution >= 0.6 is 0 Å². The van der Waals surface area contributed by atoms with Gasteiger partial charge in [0.2, 0.25) is 0 Å². The van der Waals surface area contributed by atoms with Crippen molar-refractivity contribution in [2.75, 3.05) is 5.73 Å². The molecular weight excluding hydrogens is 308 g/mol. The second-order valence-electron chi connectivity index (χ2n) is 7.65. The molecule has 2 N–H and O–H groups in total. The number of rotatable bonds is 2. The molecule has 2 aromatic carbocycles. The zero-order valence-corrected chi connectivity index (χ0v) is 15.5. The fraction of sp³-hybridized carbons (Fsp3) is 0.273. The summed E-state index contributed by atoms with van der Waals surface area (Å²) in [5, 5.41) is 3.20. The molecule has 0 aliphatic heterocycles. The number of fused-ring (bicyclic) bond motifs is 3. The molecule has 0 aliphatic carbocycles. The summed E-state index contributed by atoms with van der Waals surface area (Å²) in [6.45, 7) is 10.1. The topological polar surface area (TPSA) is 56.0 Å². The first kappa shape index (κ1) is 17.2. The van der Waals surface area contributed by atoms with Crippen molar-refractivity contribution >= 4 is 38.7 Å². The van der Waals surface area contributed by atoms with Crippen LogP contribution in [0.3, 0.4) is 0 Å². The zero-order valence-electron chi connectivity index (χ0n) is 15.5. The normalized spacial score (nSPS) is 12.8. The van der Waals surface area contributed by atoms with Crippen LogP contribution in [0.5, 0.6) is 0 Å². The van der Waals surface area contributed by atoms with Crippen LogP contribution in [-0.4, -0.2) is 10.8 Å². The average molecular weight is 332 g/mol. The van der Waals surface area contributed by atoms with Crippen molar-refractivity contribution in [2.45, 2.75) is 40.0 Å². The van der Waals surface area contributed by atoms with Gasteiger partial charge in [-0.05, 0) is 53.5 Å². The molecule has 3 rings (SSSR count). The van der Waals surface area contributed by atoms with E-state index < -0.39 is 0 Å². The van der Waals surface area contributed by atoms with Crippen LogP contribution in [0.15, 0.2) is 42.6 Å². The molecule has 0 amide bonds. The molecule has 0 fully saturated rings. The zero-order chi connectivity index (χ0) is 18.4. The molecule has 0 radical (unpaired) electrons. The third kappa shape index (κ3) is 3.02. The van der Waals surface area contributed by atoms with Crippen LogP contribution in [-0.2, 0) is 10.2 Å². The Hall–Kier alpha value is -2.68. The van der Waals surface area contributed by atoms with Crippen molar-refractivity contribution in [3.8, 4) is 0 Å². The van der Waals surface area contributed by atoms with E-state index >= 15 is 0 Å². The van der Waals surface area contributed by atoms with Crippen LogP contribution in [0.4, 0.5) is 5.69 Å². The average Bonchev–Trinajstić information content (AvgIpc) is 2.52. The Morgan fingerprint density at radius 3 is 2.48 bits per heavy atom. The maximum absolute atomic E-state index is 11.7. The summed E-state index contributed by atoms with van der Waals surface area (Å²) < 4.78 is 0. The van der Waals surface area contributed by atoms with E-state index in [9.17, 15) is 4.79 Å². The van der Waals surface area contributed by atoms with Crippen molar-refractivity contribution < 1.29 is 4.79 Å². The van der Waals surface area contributed by atoms with Gasteiger partial charge < -0.3 is 5.73 Å². The summed E-state index contributed by atoms with van der Waals surface area (Å²) in [7, 11) is 0. The highest BCUT2D eigenvalue weighted by atomic mass is 16.1. The highest BCUT2D eigenvalue weighted by molar-refractivity contribution is 6.15. The number of benzene rings is 2. The molecule has 0 atom stereocenters. The van der Waals surface area contributed by atoms with Gasteiger partial charge in [0.25, 0.3) is 0 Å². The number of hydrogen-bond donors (Lipinski definition) is 1. The molecule has 1 aromatic heterocycles. The van der Waals surface area contributed by atoms with Gasteiger partial charge in [0.1, 0.15) is 0 Å². The third-order valence-corrected chi connectivity index (χ3v) is 4.51. The molecule has 3 heteroatoms. The fourth-order valence-electron chi connectivity index (χ4n) is 3.44. The largest absolute Gasteiger partial charge is 0.397 e. The minimum absolute atomic E-state index is 0.0375. The second-order valence-corrected chi connectivity index (χ2v) is 7.65. The lowest BCUT2D eigenvalue weighted by atomic mass is 9.79. The summed E-state index contributed by atoms with van der Waals surface area (Å²) in [6, 6.07) is 10.2. The number of ketones is 1. The van der Waals surface area contributed by atoms with Gasteiger partial charge in [0.05, 0.1) is 11.2 Å². The highest BCUT2D eigenvalue weighted by Gasteiger charge is 2.23. The molecule has 0 aliphatic rings. The first-order valence-corrected chi connectivity index (χ1v) is 8.50. The quantitative estimate of drug-likeness (QED) is 0.395. The molecule has 0 bridgehead atoms. The number of anilines is 1. The first-order valence-electron chi connectivity index (χ1n) is 8.50. The summed E-state index contributed by atoms with van der Waals surface area (Å²) in [5.41, 5.74) is 10.9. The van der Waals surface area contributed by atoms with Crippen molar-refractivity contribution in [1.82, 2.24) is 4.98 Å². The van der Waals surface area contributed by atoms with Crippen molar-refractivity contribution in [3.05, 3.63) is 53.7 Å². The van der Waals surface area contributed by atoms with E-state index in [-0.39, 0.29) is 11.2 Å². The van der Waals surface area contributed by atoms with Gasteiger partial charge in [0, 0.05) is 17.0 Å². The Bertz CT molecular complexity index is 1020. The number of nitrogens with two attached hydrogens (primary N) is 1. The Morgan fingerprint density at radius 1 is 1.16 bits per heavy atom. The molecule has 1 heterocycles. The van der Waals surface area contributed by atoms with Gasteiger partial charge in [-0.1, -0.05) is 45.0 Å². The summed E-state index contributed by atoms with van der Waals surface area (Å²) in [6.07, 6.45) is 3.56. The molecule has 128 valence electrons. The number of carbonyl (C=O) groups is 1. The molecule has 25 heavy (non-hydrogen) atoms. The van der Waals surface area contributed by atoms with Gasteiger partial charge >= 0.3 is 0 Å². The predicted molar refractivity (Wildman–Crippen MR) is 107 cm³/mol. The third-order valence-electron chi connectivity index (χ3n) is 4.51. The van der Waals surface area contributed by atoms with Crippen LogP contribution in [0.1, 0.15) is 45.7 Å². The SMILES string of the molecule is CC(=O)C=C(C)c1c(C(C)(C)C)cc(N)c2ncc3ccccc3c12. The Morgan fingerprint density at radius 2 is 1.84 bits per heavy atom. The molecule has 0 unspecified atom stereocenters. The van der Waals surface area contributed by atoms with E-state index in [0.717, 1.165) is 38.4 Å². The molecular formula is C22H24N2O. The van der Waals surface area contributed by atoms with Crippen molar-refractivity contribution in [2.24, 2.45) is 0 Å². The molecule has 0 saturated carbocycles. The van der Waals surface area contributed by atoms with E-state index in [1.807, 2.05) is 31.3 Å². The van der Waals surface area contributed by atoms with Gasteiger partial charge in [0.15, 0.2) is 5.78 Å². The molecule has 3 aromatic rings. The maximum atomic E-state index is 11.7. The summed E-state index contributed by atoms with van der Waals surface area (Å²) in [4.78, 5) is 16.4. The Kier molecular flexibility index (Phi) is 4.11. The van der Waals surface area contributed by atoms with Gasteiger partial charge in [-0.25, -0.2) is 0 Å². The van der Waals surface area contributed by atoms with Gasteiger partial charge in [-0.15, -0.1) is 0 Å². The van der Waals surface area contributed by atoms with Gasteiger partial charge in [-0.3, -0.25) is 9.78 Å². The molecule has 0 spiro atoms. The lowest BCUT2D eigenvalue weighted by molar-refractivity contribution is -0.112. The minimum atomic E-state index is -0.111. The Labute approximate surface area is 148 Å². The standard InChI is InChI=1S/C22H24N2O/c1-13(10-14(2)25)19-17(22(3,4)5)11-18(23)21-20(19)16-9-7-6-8-15(16)12-24-21/h6-12H,23H2,1-5H3. The number of nitrogen functional groups attached to an aromatic ring is 1. The van der Waals surface area contributed by atoms with E-state index in [2.05, 4.69) is 37.9 Å². The van der Waals surface area contributed by atoms with Crippen molar-refractivity contribution in [1.29, 1.82) is 0 Å². The van der Waals surface area contributed by atoms with E-state index in [1.165, 1.54) is 0 Å². The fourth-order valence-corrected chi connectivity index (χ4v) is 3.44. The lowest BCUT2D eigenvalue weighted by Gasteiger charge is -2.26. The number of nitrogens with zero attached hydrogens (tertiary/aromatic N) is 1. The maximum Gasteiger partial charge on any atom is 0.152 e. The van der Waals surface area contributed by atoms with Crippen LogP contribution in [0.2, 0.25) is 0 Å². The summed E-state index contributed by atoms with van der Waals surface area (Å²) >= 11 is 0. The number of pyridine rings is 1. The van der Waals surface area contributed by atoms with Crippen LogP contribution < -0.4 is 5.73 Å². The molecule has 3 nitrogen and oxygen atoms in total. The smallest absolute Gasteiger partial charge is 0.152 e. The lowest BCUT2D eigenvalue weighted by Crippen LogP contribution is -2.15. The van der Waals surface area contributed by atoms with Crippen LogP contribution in [0, 0.1) is 0 Å². The number of hydrogen-bond acceptors (Lipinski definition) is 3. The van der Waals surface area contributed by atoms with E-state index in [4.69, 9.17) is 5.73 Å². The minimum Gasteiger partial charge on any atom is -0.397 e. The predicted octanol–water partition coefficient (Wildman–Crippen LogP) is 5.26. The number of allylic oxidation sites excluding steroid dienone is 2.